The molecule has 0 radical (unpaired) electrons. The van der Waals surface area contributed by atoms with Gasteiger partial charge in [-0.05, 0) is 0 Å². The van der Waals surface area contributed by atoms with E-state index in [1.165, 1.54) is 34.4 Å². The van der Waals surface area contributed by atoms with Crippen LogP contribution in [0, 0.1) is 0 Å². The van der Waals surface area contributed by atoms with Gasteiger partial charge in [0, 0.05) is 0 Å². The standard InChI is InChI=1S/C14H20SSe/c1-3-10-15-14(12-16-11-4-2)13-8-6-5-7-9-13/h5-9,12H,3-4,10-11H2,1-2H3/b14-12+. The second-order valence-corrected chi connectivity index (χ2v) is 6.75. The molecule has 0 saturated heterocycles. The van der Waals surface area contributed by atoms with Gasteiger partial charge in [0.15, 0.2) is 0 Å². The van der Waals surface area contributed by atoms with Crippen LogP contribution in [0.3, 0.4) is 0 Å². The molecule has 16 heavy (non-hydrogen) atoms. The van der Waals surface area contributed by atoms with Crippen molar-refractivity contribution in [2.75, 3.05) is 5.75 Å². The second-order valence-electron chi connectivity index (χ2n) is 3.57. The summed E-state index contributed by atoms with van der Waals surface area (Å²) in [4.78, 5) is 3.95. The number of hydrogen-bond acceptors (Lipinski definition) is 1. The Morgan fingerprint density at radius 3 is 2.56 bits per heavy atom. The van der Waals surface area contributed by atoms with E-state index in [2.05, 4.69) is 49.2 Å². The van der Waals surface area contributed by atoms with Crippen LogP contribution in [0.2, 0.25) is 5.32 Å². The first-order valence-corrected chi connectivity index (χ1v) is 9.07. The predicted molar refractivity (Wildman–Crippen MR) is 78.0 cm³/mol. The van der Waals surface area contributed by atoms with Crippen LogP contribution < -0.4 is 0 Å². The molecule has 0 fully saturated rings. The fourth-order valence-electron chi connectivity index (χ4n) is 1.25. The Kier molecular flexibility index (Phi) is 7.75. The fourth-order valence-corrected chi connectivity index (χ4v) is 4.17. The van der Waals surface area contributed by atoms with E-state index in [1.807, 2.05) is 11.8 Å². The van der Waals surface area contributed by atoms with Crippen LogP contribution in [0.15, 0.2) is 35.3 Å². The zero-order valence-corrected chi connectivity index (χ0v) is 12.6. The Balaban J connectivity index is 2.67. The van der Waals surface area contributed by atoms with E-state index >= 15 is 0 Å². The first kappa shape index (κ1) is 13.9. The van der Waals surface area contributed by atoms with E-state index in [0.717, 1.165) is 0 Å². The van der Waals surface area contributed by atoms with Gasteiger partial charge in [0.25, 0.3) is 0 Å². The third-order valence-corrected chi connectivity index (χ3v) is 5.84. The number of hydrogen-bond donors (Lipinski definition) is 0. The van der Waals surface area contributed by atoms with E-state index in [9.17, 15) is 0 Å². The monoisotopic (exact) mass is 300 g/mol. The average molecular weight is 299 g/mol. The molecule has 0 aliphatic carbocycles. The van der Waals surface area contributed by atoms with Gasteiger partial charge in [-0.25, -0.2) is 0 Å². The Labute approximate surface area is 110 Å². The van der Waals surface area contributed by atoms with Crippen molar-refractivity contribution in [3.05, 3.63) is 40.9 Å². The molecular formula is C14H20SSe. The van der Waals surface area contributed by atoms with Crippen LogP contribution in [-0.4, -0.2) is 20.7 Å². The maximum absolute atomic E-state index is 2.46. The van der Waals surface area contributed by atoms with E-state index in [4.69, 9.17) is 0 Å². The SMILES string of the molecule is CCCS/C(=C/[Se]CCC)c1ccccc1. The van der Waals surface area contributed by atoms with Gasteiger partial charge in [0.2, 0.25) is 0 Å². The summed E-state index contributed by atoms with van der Waals surface area (Å²) >= 11 is 2.67. The Morgan fingerprint density at radius 1 is 1.19 bits per heavy atom. The molecule has 1 aromatic rings. The Morgan fingerprint density at radius 2 is 1.94 bits per heavy atom. The van der Waals surface area contributed by atoms with Crippen molar-refractivity contribution in [1.82, 2.24) is 0 Å². The molecule has 0 aromatic heterocycles. The van der Waals surface area contributed by atoms with Crippen LogP contribution in [0.5, 0.6) is 0 Å². The molecule has 0 unspecified atom stereocenters. The van der Waals surface area contributed by atoms with E-state index < -0.39 is 0 Å². The maximum atomic E-state index is 2.46. The van der Waals surface area contributed by atoms with Gasteiger partial charge in [0.05, 0.1) is 0 Å². The summed E-state index contributed by atoms with van der Waals surface area (Å²) in [5.74, 6) is 1.23. The average Bonchev–Trinajstić information content (AvgIpc) is 2.35. The first-order valence-electron chi connectivity index (χ1n) is 5.88. The molecule has 0 spiro atoms. The van der Waals surface area contributed by atoms with Crippen molar-refractivity contribution in [3.63, 3.8) is 0 Å². The molecule has 0 nitrogen and oxygen atoms in total. The van der Waals surface area contributed by atoms with Crippen molar-refractivity contribution in [3.8, 4) is 0 Å². The van der Waals surface area contributed by atoms with Crippen LogP contribution >= 0.6 is 11.8 Å². The van der Waals surface area contributed by atoms with Gasteiger partial charge in [-0.3, -0.25) is 0 Å². The molecule has 0 N–H and O–H groups in total. The third-order valence-electron chi connectivity index (χ3n) is 2.03. The summed E-state index contributed by atoms with van der Waals surface area (Å²) in [7, 11) is 0. The summed E-state index contributed by atoms with van der Waals surface area (Å²) < 4.78 is 0. The molecule has 88 valence electrons. The van der Waals surface area contributed by atoms with Crippen molar-refractivity contribution in [2.45, 2.75) is 32.0 Å². The summed E-state index contributed by atoms with van der Waals surface area (Å²) in [6, 6.07) is 10.8. The molecule has 0 heterocycles. The van der Waals surface area contributed by atoms with Crippen molar-refractivity contribution in [2.24, 2.45) is 0 Å². The quantitative estimate of drug-likeness (QED) is 0.521. The summed E-state index contributed by atoms with van der Waals surface area (Å²) in [6.07, 6.45) is 2.55. The van der Waals surface area contributed by atoms with Crippen LogP contribution in [0.25, 0.3) is 4.91 Å². The van der Waals surface area contributed by atoms with E-state index in [1.54, 1.807) is 0 Å². The van der Waals surface area contributed by atoms with Crippen LogP contribution in [0.4, 0.5) is 0 Å². The van der Waals surface area contributed by atoms with Gasteiger partial charge < -0.3 is 0 Å². The summed E-state index contributed by atoms with van der Waals surface area (Å²) in [5, 5.41) is 1.36. The Bertz CT molecular complexity index is 306. The fraction of sp³-hybridized carbons (Fsp3) is 0.429. The van der Waals surface area contributed by atoms with E-state index in [0.29, 0.717) is 15.0 Å². The molecule has 0 aliphatic heterocycles. The molecule has 1 aromatic carbocycles. The van der Waals surface area contributed by atoms with Gasteiger partial charge in [-0.1, -0.05) is 0 Å². The topological polar surface area (TPSA) is 0 Å². The van der Waals surface area contributed by atoms with Crippen LogP contribution in [-0.2, 0) is 0 Å². The van der Waals surface area contributed by atoms with Crippen molar-refractivity contribution in [1.29, 1.82) is 0 Å². The minimum absolute atomic E-state index is 0.667. The number of rotatable bonds is 7. The predicted octanol–water partition coefficient (Wildman–Crippen LogP) is 4.66. The van der Waals surface area contributed by atoms with Gasteiger partial charge in [-0.15, -0.1) is 0 Å². The van der Waals surface area contributed by atoms with Gasteiger partial charge in [0.1, 0.15) is 0 Å². The van der Waals surface area contributed by atoms with Crippen LogP contribution in [0.1, 0.15) is 32.3 Å². The Hall–Kier alpha value is -0.171. The van der Waals surface area contributed by atoms with E-state index in [-0.39, 0.29) is 0 Å². The summed E-state index contributed by atoms with van der Waals surface area (Å²) in [6.45, 7) is 4.50. The summed E-state index contributed by atoms with van der Waals surface area (Å²) in [5.41, 5.74) is 1.39. The zero-order valence-electron chi connectivity index (χ0n) is 10.1. The molecule has 0 atom stereocenters. The third kappa shape index (κ3) is 5.25. The van der Waals surface area contributed by atoms with Gasteiger partial charge in [-0.2, -0.15) is 0 Å². The minimum atomic E-state index is 0.667. The molecule has 2 heteroatoms. The number of benzene rings is 1. The van der Waals surface area contributed by atoms with Crippen molar-refractivity contribution >= 4 is 31.6 Å². The first-order chi connectivity index (χ1) is 7.88. The molecule has 1 rings (SSSR count). The molecule has 0 saturated carbocycles. The normalized spacial score (nSPS) is 11.8. The zero-order chi connectivity index (χ0) is 11.6. The molecule has 0 bridgehead atoms. The number of thioether (sulfide) groups is 1. The van der Waals surface area contributed by atoms with Crippen molar-refractivity contribution < 1.29 is 0 Å². The van der Waals surface area contributed by atoms with Gasteiger partial charge >= 0.3 is 110 Å². The molecular weight excluding hydrogens is 279 g/mol. The molecule has 0 amide bonds. The molecule has 0 aliphatic rings. The second kappa shape index (κ2) is 8.92.